The molecule has 0 rings (SSSR count). The molecule has 92 heavy (non-hydrogen) atoms. The summed E-state index contributed by atoms with van der Waals surface area (Å²) in [5.41, 5.74) is 35.7. The summed E-state index contributed by atoms with van der Waals surface area (Å²) in [4.78, 5) is 106. The molecule has 0 saturated heterocycles. The maximum Gasteiger partial charge on any atom is 0.244 e. The van der Waals surface area contributed by atoms with E-state index in [-0.39, 0.29) is 85.8 Å². The summed E-state index contributed by atoms with van der Waals surface area (Å²) in [5.74, 6) is -3.42. The molecule has 8 amide bonds. The highest BCUT2D eigenvalue weighted by Gasteiger charge is 2.30. The quantitative estimate of drug-likeness (QED) is 0.0378. The number of halogens is 4. The summed E-state index contributed by atoms with van der Waals surface area (Å²) in [6, 6.07) is -8.23. The predicted octanol–water partition coefficient (Wildman–Crippen LogP) is 4.28. The molecule has 0 bridgehead atoms. The Morgan fingerprint density at radius 3 is 0.837 bits per heavy atom. The number of nitrogens with two attached hydrogens (primary N) is 6. The van der Waals surface area contributed by atoms with E-state index in [0.29, 0.717) is 89.3 Å². The van der Waals surface area contributed by atoms with Crippen LogP contribution in [0.5, 0.6) is 0 Å². The van der Waals surface area contributed by atoms with Crippen LogP contribution in [0.25, 0.3) is 0 Å². The maximum absolute atomic E-state index is 13.9. The van der Waals surface area contributed by atoms with Gasteiger partial charge in [-0.2, -0.15) is 23.5 Å². The van der Waals surface area contributed by atoms with E-state index in [4.69, 9.17) is 34.4 Å². The van der Waals surface area contributed by atoms with Gasteiger partial charge in [0.2, 0.25) is 47.3 Å². The van der Waals surface area contributed by atoms with Gasteiger partial charge in [0.15, 0.2) is 0 Å². The lowest BCUT2D eigenvalue weighted by Gasteiger charge is -2.24. The Balaban J connectivity index is -0.00000631. The van der Waals surface area contributed by atoms with E-state index in [1.54, 1.807) is 0 Å². The topological polar surface area (TPSA) is 429 Å². The van der Waals surface area contributed by atoms with Gasteiger partial charge >= 0.3 is 0 Å². The first-order valence-electron chi connectivity index (χ1n) is 33.6. The number of thioether (sulfide) groups is 2. The molecule has 8 unspecified atom stereocenters. The molecule has 0 aromatic carbocycles. The minimum absolute atomic E-state index is 0. The summed E-state index contributed by atoms with van der Waals surface area (Å²) < 4.78 is 0. The average Bonchev–Trinajstić information content (AvgIpc) is 2.49. The number of carbonyl (C=O) groups excluding carboxylic acids is 8. The van der Waals surface area contributed by atoms with Crippen molar-refractivity contribution in [3.8, 4) is 0 Å². The Morgan fingerprint density at radius 2 is 0.554 bits per heavy atom. The largest absolute Gasteiger partial charge is 0.394 e. The molecular weight excluding hydrogens is 1310 g/mol. The van der Waals surface area contributed by atoms with Crippen LogP contribution in [-0.2, 0) is 38.4 Å². The third-order valence-electron chi connectivity index (χ3n) is 15.3. The van der Waals surface area contributed by atoms with Crippen molar-refractivity contribution in [1.82, 2.24) is 42.5 Å². The first-order chi connectivity index (χ1) is 42.5. The smallest absolute Gasteiger partial charge is 0.244 e. The van der Waals surface area contributed by atoms with Gasteiger partial charge < -0.3 is 87.1 Å². The number of nitrogens with one attached hydrogen (secondary N) is 8. The third-order valence-corrected chi connectivity index (χ3v) is 17.6. The van der Waals surface area contributed by atoms with E-state index in [9.17, 15) is 48.6 Å². The highest BCUT2D eigenvalue weighted by molar-refractivity contribution is 8.03. The lowest BCUT2D eigenvalue weighted by Crippen LogP contribution is -2.57. The Bertz CT molecular complexity index is 1730. The van der Waals surface area contributed by atoms with E-state index in [1.807, 2.05) is 0 Å². The van der Waals surface area contributed by atoms with Gasteiger partial charge in [0, 0.05) is 49.2 Å². The first-order valence-corrected chi connectivity index (χ1v) is 35.9. The van der Waals surface area contributed by atoms with Crippen LogP contribution in [0.2, 0.25) is 0 Å². The SMILES string of the molecule is CCCCCCCCCCCCNC(=O)C(CO)NC(=O)C(CSCCSCC(NC(=O)C(N)CCCCNC(=O)C(N)CCCCN)C(=O)NC(CO)C(=O)NCCCCCCCCCCCC)NC(=O)C(N)CCCCNC(=O)C(N)CCCCN.Cl.Cl.Cl.Cl. The molecule has 0 radical (unpaired) electrons. The van der Waals surface area contributed by atoms with Gasteiger partial charge in [0.05, 0.1) is 37.4 Å². The number of hydrogen-bond acceptors (Lipinski definition) is 18. The van der Waals surface area contributed by atoms with Crippen molar-refractivity contribution in [3.05, 3.63) is 0 Å². The van der Waals surface area contributed by atoms with E-state index in [0.717, 1.165) is 77.0 Å². The van der Waals surface area contributed by atoms with Crippen molar-refractivity contribution < 1.29 is 48.6 Å². The molecule has 0 aromatic heterocycles. The summed E-state index contributed by atoms with van der Waals surface area (Å²) in [6.07, 6.45) is 29.1. The molecule has 546 valence electrons. The molecule has 0 aliphatic rings. The highest BCUT2D eigenvalue weighted by Crippen LogP contribution is 2.15. The van der Waals surface area contributed by atoms with Crippen LogP contribution >= 0.6 is 73.2 Å². The van der Waals surface area contributed by atoms with Gasteiger partial charge in [0.1, 0.15) is 24.2 Å². The predicted molar refractivity (Wildman–Crippen MR) is 387 cm³/mol. The molecule has 24 nitrogen and oxygen atoms in total. The fourth-order valence-corrected chi connectivity index (χ4v) is 11.7. The summed E-state index contributed by atoms with van der Waals surface area (Å²) in [5, 5.41) is 42.4. The molecule has 0 aliphatic heterocycles. The molecule has 0 spiro atoms. The van der Waals surface area contributed by atoms with Crippen LogP contribution in [0.1, 0.15) is 219 Å². The second kappa shape index (κ2) is 68.2. The molecule has 0 saturated carbocycles. The third kappa shape index (κ3) is 53.4. The van der Waals surface area contributed by atoms with Gasteiger partial charge in [0.25, 0.3) is 0 Å². The lowest BCUT2D eigenvalue weighted by atomic mass is 10.1. The molecule has 0 heterocycles. The average molecular weight is 1440 g/mol. The van der Waals surface area contributed by atoms with Crippen molar-refractivity contribution in [1.29, 1.82) is 0 Å². The second-order valence-electron chi connectivity index (χ2n) is 23.3. The Morgan fingerprint density at radius 1 is 0.315 bits per heavy atom. The van der Waals surface area contributed by atoms with Crippen molar-refractivity contribution in [2.75, 3.05) is 75.5 Å². The summed E-state index contributed by atoms with van der Waals surface area (Å²) in [6.45, 7) is 5.51. The minimum atomic E-state index is -1.28. The first kappa shape index (κ1) is 98.0. The van der Waals surface area contributed by atoms with Gasteiger partial charge in [-0.25, -0.2) is 0 Å². The standard InChI is InChI=1S/C62H124N14O10S2.4ClH/c1-3-5-7-9-11-13-15-17-19-27-37-71-59(83)51(43-77)73-61(85)53(75-57(81)49(67)33-23-29-39-69-55(79)47(65)31-21-25-35-63)45-87-41-42-88-46-54(76-58(82)50(68)34-24-30-40-70-56(80)48(66)32-22-26-36-64)62(86)74-52(44-78)60(84)72-38-28-20-18-16-14-12-10-8-6-4-2;;;;/h47-54,77-78H,3-46,63-68H2,1-2H3,(H,69,79)(H,70,80)(H,71,83)(H,72,84)(H,73,85)(H,74,86)(H,75,81)(H,76,82);4*1H. The maximum atomic E-state index is 13.9. The van der Waals surface area contributed by atoms with Crippen molar-refractivity contribution in [2.24, 2.45) is 34.4 Å². The number of hydrogen-bond donors (Lipinski definition) is 16. The second-order valence-corrected chi connectivity index (χ2v) is 25.6. The lowest BCUT2D eigenvalue weighted by molar-refractivity contribution is -0.132. The van der Waals surface area contributed by atoms with Crippen molar-refractivity contribution in [2.45, 2.75) is 268 Å². The van der Waals surface area contributed by atoms with Gasteiger partial charge in [-0.3, -0.25) is 38.4 Å². The zero-order chi connectivity index (χ0) is 65.4. The van der Waals surface area contributed by atoms with Gasteiger partial charge in [-0.05, 0) is 90.1 Å². The van der Waals surface area contributed by atoms with Crippen LogP contribution in [0.15, 0.2) is 0 Å². The number of unbranched alkanes of at least 4 members (excludes halogenated alkanes) is 22. The minimum Gasteiger partial charge on any atom is -0.394 e. The molecule has 22 N–H and O–H groups in total. The number of aliphatic hydroxyl groups excluding tert-OH is 2. The van der Waals surface area contributed by atoms with Crippen molar-refractivity contribution >= 4 is 120 Å². The Kier molecular flexibility index (Phi) is 72.7. The fourth-order valence-electron chi connectivity index (χ4n) is 9.48. The van der Waals surface area contributed by atoms with Gasteiger partial charge in [-0.15, -0.1) is 49.6 Å². The summed E-state index contributed by atoms with van der Waals surface area (Å²) in [7, 11) is 0. The zero-order valence-corrected chi connectivity index (χ0v) is 60.7. The number of rotatable bonds is 61. The molecule has 0 aliphatic carbocycles. The molecular formula is C62H128Cl4N14O10S2. The number of carbonyl (C=O) groups is 8. The van der Waals surface area contributed by atoms with Crippen LogP contribution in [0.3, 0.4) is 0 Å². The fraction of sp³-hybridized carbons (Fsp3) is 0.871. The summed E-state index contributed by atoms with van der Waals surface area (Å²) >= 11 is 2.60. The van der Waals surface area contributed by atoms with E-state index >= 15 is 0 Å². The zero-order valence-electron chi connectivity index (χ0n) is 55.8. The van der Waals surface area contributed by atoms with Crippen LogP contribution in [0, 0.1) is 0 Å². The van der Waals surface area contributed by atoms with Gasteiger partial charge in [-0.1, -0.05) is 142 Å². The van der Waals surface area contributed by atoms with E-state index in [2.05, 4.69) is 56.4 Å². The normalized spacial score (nSPS) is 13.5. The monoisotopic (exact) mass is 1430 g/mol. The van der Waals surface area contributed by atoms with Crippen molar-refractivity contribution in [3.63, 3.8) is 0 Å². The van der Waals surface area contributed by atoms with Crippen LogP contribution in [-0.4, -0.2) is 181 Å². The Labute approximate surface area is 585 Å². The highest BCUT2D eigenvalue weighted by atomic mass is 35.5. The number of aliphatic hydroxyl groups is 2. The molecule has 0 fully saturated rings. The molecule has 30 heteroatoms. The van der Waals surface area contributed by atoms with E-state index in [1.165, 1.54) is 101 Å². The Hall–Kier alpha value is -2.70. The molecule has 0 aromatic rings. The molecule has 8 atom stereocenters. The van der Waals surface area contributed by atoms with E-state index < -0.39 is 97.0 Å². The van der Waals surface area contributed by atoms with Crippen LogP contribution in [0.4, 0.5) is 0 Å². The van der Waals surface area contributed by atoms with Crippen LogP contribution < -0.4 is 76.9 Å². The number of amides is 8.